The van der Waals surface area contributed by atoms with Gasteiger partial charge in [0, 0.05) is 6.54 Å². The standard InChI is InChI=1S/C11H15ClN2O/c12-8-3-1-4-9(10(8)13)14-7-11(15)5-2-6-11/h1,3-4,14-15H,2,5-7,13H2. The molecule has 0 spiro atoms. The lowest BCUT2D eigenvalue weighted by atomic mass is 9.80. The van der Waals surface area contributed by atoms with E-state index in [0.29, 0.717) is 17.3 Å². The van der Waals surface area contributed by atoms with E-state index < -0.39 is 5.60 Å². The summed E-state index contributed by atoms with van der Waals surface area (Å²) in [6.07, 6.45) is 2.82. The molecule has 82 valence electrons. The molecular weight excluding hydrogens is 212 g/mol. The molecule has 0 aromatic heterocycles. The Labute approximate surface area is 94.2 Å². The van der Waals surface area contributed by atoms with Gasteiger partial charge in [0.15, 0.2) is 0 Å². The highest BCUT2D eigenvalue weighted by Gasteiger charge is 2.34. The molecule has 0 atom stereocenters. The van der Waals surface area contributed by atoms with Crippen molar-refractivity contribution in [3.05, 3.63) is 23.2 Å². The van der Waals surface area contributed by atoms with Crippen molar-refractivity contribution >= 4 is 23.0 Å². The summed E-state index contributed by atoms with van der Waals surface area (Å²) in [7, 11) is 0. The van der Waals surface area contributed by atoms with Gasteiger partial charge in [0.2, 0.25) is 0 Å². The van der Waals surface area contributed by atoms with E-state index >= 15 is 0 Å². The van der Waals surface area contributed by atoms with Crippen LogP contribution in [0.4, 0.5) is 11.4 Å². The van der Waals surface area contributed by atoms with Crippen LogP contribution in [0.15, 0.2) is 18.2 Å². The minimum atomic E-state index is -0.547. The Morgan fingerprint density at radius 3 is 2.80 bits per heavy atom. The number of nitrogen functional groups attached to an aromatic ring is 1. The van der Waals surface area contributed by atoms with Crippen molar-refractivity contribution in [1.29, 1.82) is 0 Å². The van der Waals surface area contributed by atoms with Crippen LogP contribution in [-0.4, -0.2) is 17.3 Å². The number of benzene rings is 1. The summed E-state index contributed by atoms with van der Waals surface area (Å²) in [5, 5.41) is 13.6. The third-order valence-corrected chi connectivity index (χ3v) is 3.27. The van der Waals surface area contributed by atoms with Crippen molar-refractivity contribution in [3.8, 4) is 0 Å². The molecule has 15 heavy (non-hydrogen) atoms. The Morgan fingerprint density at radius 1 is 1.47 bits per heavy atom. The second kappa shape index (κ2) is 3.91. The number of rotatable bonds is 3. The summed E-state index contributed by atoms with van der Waals surface area (Å²) < 4.78 is 0. The number of nitrogens with one attached hydrogen (secondary N) is 1. The van der Waals surface area contributed by atoms with Crippen molar-refractivity contribution < 1.29 is 5.11 Å². The molecule has 1 aromatic carbocycles. The molecule has 0 saturated heterocycles. The van der Waals surface area contributed by atoms with Gasteiger partial charge in [-0.2, -0.15) is 0 Å². The van der Waals surface area contributed by atoms with Crippen LogP contribution in [0.5, 0.6) is 0 Å². The first-order chi connectivity index (χ1) is 7.11. The van der Waals surface area contributed by atoms with E-state index in [0.717, 1.165) is 24.9 Å². The first-order valence-corrected chi connectivity index (χ1v) is 5.49. The predicted molar refractivity (Wildman–Crippen MR) is 63.2 cm³/mol. The molecule has 1 aliphatic rings. The van der Waals surface area contributed by atoms with E-state index in [1.165, 1.54) is 0 Å². The van der Waals surface area contributed by atoms with E-state index in [1.54, 1.807) is 6.07 Å². The van der Waals surface area contributed by atoms with Gasteiger partial charge in [-0.25, -0.2) is 0 Å². The van der Waals surface area contributed by atoms with Crippen LogP contribution in [0.3, 0.4) is 0 Å². The summed E-state index contributed by atoms with van der Waals surface area (Å²) in [5.74, 6) is 0. The highest BCUT2D eigenvalue weighted by Crippen LogP contribution is 2.33. The second-order valence-corrected chi connectivity index (χ2v) is 4.54. The number of aliphatic hydroxyl groups is 1. The molecule has 0 heterocycles. The molecule has 2 rings (SSSR count). The van der Waals surface area contributed by atoms with Crippen molar-refractivity contribution in [2.45, 2.75) is 24.9 Å². The molecule has 0 aliphatic heterocycles. The number of anilines is 2. The fourth-order valence-electron chi connectivity index (χ4n) is 1.71. The Bertz CT molecular complexity index is 364. The van der Waals surface area contributed by atoms with Crippen molar-refractivity contribution in [1.82, 2.24) is 0 Å². The molecule has 1 aromatic rings. The quantitative estimate of drug-likeness (QED) is 0.693. The normalized spacial score (nSPS) is 18.3. The molecular formula is C11H15ClN2O. The summed E-state index contributed by atoms with van der Waals surface area (Å²) in [6, 6.07) is 5.45. The average molecular weight is 227 g/mol. The number of nitrogens with two attached hydrogens (primary N) is 1. The van der Waals surface area contributed by atoms with E-state index in [-0.39, 0.29) is 0 Å². The minimum Gasteiger partial charge on any atom is -0.396 e. The smallest absolute Gasteiger partial charge is 0.0819 e. The van der Waals surface area contributed by atoms with Gasteiger partial charge in [-0.1, -0.05) is 17.7 Å². The Morgan fingerprint density at radius 2 is 2.20 bits per heavy atom. The maximum absolute atomic E-state index is 9.90. The number of halogens is 1. The van der Waals surface area contributed by atoms with Gasteiger partial charge in [0.05, 0.1) is 22.0 Å². The molecule has 3 nitrogen and oxygen atoms in total. The number of para-hydroxylation sites is 1. The van der Waals surface area contributed by atoms with Crippen LogP contribution < -0.4 is 11.1 Å². The maximum Gasteiger partial charge on any atom is 0.0819 e. The molecule has 1 saturated carbocycles. The predicted octanol–water partition coefficient (Wildman–Crippen LogP) is 2.25. The first-order valence-electron chi connectivity index (χ1n) is 5.11. The van der Waals surface area contributed by atoms with Gasteiger partial charge >= 0.3 is 0 Å². The second-order valence-electron chi connectivity index (χ2n) is 4.13. The lowest BCUT2D eigenvalue weighted by Gasteiger charge is -2.37. The molecule has 0 unspecified atom stereocenters. The first kappa shape index (κ1) is 10.6. The van der Waals surface area contributed by atoms with Crippen molar-refractivity contribution in [2.24, 2.45) is 0 Å². The van der Waals surface area contributed by atoms with Gasteiger partial charge in [-0.3, -0.25) is 0 Å². The number of hydrogen-bond donors (Lipinski definition) is 3. The Hall–Kier alpha value is -0.930. The monoisotopic (exact) mass is 226 g/mol. The van der Waals surface area contributed by atoms with Crippen LogP contribution in [0, 0.1) is 0 Å². The van der Waals surface area contributed by atoms with Crippen LogP contribution in [-0.2, 0) is 0 Å². The van der Waals surface area contributed by atoms with Crippen molar-refractivity contribution in [2.75, 3.05) is 17.6 Å². The molecule has 0 radical (unpaired) electrons. The lowest BCUT2D eigenvalue weighted by molar-refractivity contribution is -0.0201. The topological polar surface area (TPSA) is 58.3 Å². The van der Waals surface area contributed by atoms with Gasteiger partial charge < -0.3 is 16.2 Å². The highest BCUT2D eigenvalue weighted by atomic mass is 35.5. The zero-order chi connectivity index (χ0) is 10.9. The minimum absolute atomic E-state index is 0.539. The van der Waals surface area contributed by atoms with Gasteiger partial charge in [0.25, 0.3) is 0 Å². The van der Waals surface area contributed by atoms with E-state index in [2.05, 4.69) is 5.32 Å². The molecule has 4 heteroatoms. The third-order valence-electron chi connectivity index (χ3n) is 2.95. The summed E-state index contributed by atoms with van der Waals surface area (Å²) >= 11 is 5.88. The lowest BCUT2D eigenvalue weighted by Crippen LogP contribution is -2.43. The zero-order valence-corrected chi connectivity index (χ0v) is 9.22. The average Bonchev–Trinajstić information content (AvgIpc) is 2.17. The van der Waals surface area contributed by atoms with E-state index in [1.807, 2.05) is 12.1 Å². The molecule has 1 fully saturated rings. The fraction of sp³-hybridized carbons (Fsp3) is 0.455. The van der Waals surface area contributed by atoms with Gasteiger partial charge in [0.1, 0.15) is 0 Å². The van der Waals surface area contributed by atoms with E-state index in [9.17, 15) is 5.11 Å². The fourth-order valence-corrected chi connectivity index (χ4v) is 1.89. The zero-order valence-electron chi connectivity index (χ0n) is 8.46. The van der Waals surface area contributed by atoms with Gasteiger partial charge in [-0.15, -0.1) is 0 Å². The third kappa shape index (κ3) is 2.19. The van der Waals surface area contributed by atoms with Crippen molar-refractivity contribution in [3.63, 3.8) is 0 Å². The molecule has 4 N–H and O–H groups in total. The van der Waals surface area contributed by atoms with Gasteiger partial charge in [-0.05, 0) is 31.4 Å². The summed E-state index contributed by atoms with van der Waals surface area (Å²) in [6.45, 7) is 0.539. The van der Waals surface area contributed by atoms with E-state index in [4.69, 9.17) is 17.3 Å². The van der Waals surface area contributed by atoms with Crippen LogP contribution in [0.25, 0.3) is 0 Å². The molecule has 0 bridgehead atoms. The molecule has 1 aliphatic carbocycles. The number of hydrogen-bond acceptors (Lipinski definition) is 3. The Kier molecular flexibility index (Phi) is 2.76. The van der Waals surface area contributed by atoms with Crippen LogP contribution >= 0.6 is 11.6 Å². The van der Waals surface area contributed by atoms with Crippen LogP contribution in [0.2, 0.25) is 5.02 Å². The maximum atomic E-state index is 9.90. The van der Waals surface area contributed by atoms with Crippen LogP contribution in [0.1, 0.15) is 19.3 Å². The molecule has 0 amide bonds. The Balaban J connectivity index is 2.01. The highest BCUT2D eigenvalue weighted by molar-refractivity contribution is 6.33. The largest absolute Gasteiger partial charge is 0.396 e. The SMILES string of the molecule is Nc1c(Cl)cccc1NCC1(O)CCC1. The summed E-state index contributed by atoms with van der Waals surface area (Å²) in [5.41, 5.74) is 6.59. The summed E-state index contributed by atoms with van der Waals surface area (Å²) in [4.78, 5) is 0.